The van der Waals surface area contributed by atoms with Crippen molar-refractivity contribution < 1.29 is 9.90 Å². The fourth-order valence-electron chi connectivity index (χ4n) is 1.99. The molecule has 0 bridgehead atoms. The van der Waals surface area contributed by atoms with Gasteiger partial charge in [0, 0.05) is 5.57 Å². The molecule has 2 aromatic carbocycles. The molecule has 0 aliphatic carbocycles. The molecule has 0 aliphatic heterocycles. The number of aryl methyl sites for hydroxylation is 1. The number of carboxylic acids is 1. The molecule has 98 valence electrons. The first-order valence-electron chi connectivity index (χ1n) is 6.13. The molecule has 0 fully saturated rings. The molecule has 0 radical (unpaired) electrons. The zero-order valence-electron chi connectivity index (χ0n) is 11.0. The molecule has 0 saturated carbocycles. The van der Waals surface area contributed by atoms with Crippen molar-refractivity contribution >= 4 is 11.5 Å². The van der Waals surface area contributed by atoms with Crippen LogP contribution in [0.25, 0.3) is 5.57 Å². The lowest BCUT2D eigenvalue weighted by Crippen LogP contribution is -2.03. The minimum Gasteiger partial charge on any atom is -0.477 e. The van der Waals surface area contributed by atoms with Crippen molar-refractivity contribution in [2.75, 3.05) is 0 Å². The molecule has 1 N–H and O–H groups in total. The molecule has 2 rings (SSSR count). The second-order valence-corrected chi connectivity index (χ2v) is 4.40. The highest BCUT2D eigenvalue weighted by molar-refractivity contribution is 6.04. The summed E-state index contributed by atoms with van der Waals surface area (Å²) in [5.41, 5.74) is 2.71. The van der Waals surface area contributed by atoms with Crippen LogP contribution in [-0.2, 0) is 4.79 Å². The number of rotatable bonds is 3. The van der Waals surface area contributed by atoms with Gasteiger partial charge in [-0.3, -0.25) is 0 Å². The number of nitrogens with zero attached hydrogens (tertiary/aromatic N) is 1. The van der Waals surface area contributed by atoms with E-state index in [1.165, 1.54) is 0 Å². The molecule has 0 saturated heterocycles. The van der Waals surface area contributed by atoms with Crippen LogP contribution >= 0.6 is 0 Å². The van der Waals surface area contributed by atoms with Crippen molar-refractivity contribution in [3.05, 3.63) is 76.9 Å². The van der Waals surface area contributed by atoms with Crippen LogP contribution in [0.15, 0.2) is 60.2 Å². The van der Waals surface area contributed by atoms with Crippen LogP contribution in [0, 0.1) is 18.3 Å². The number of aliphatic carboxylic acids is 1. The van der Waals surface area contributed by atoms with Gasteiger partial charge in [0.2, 0.25) is 0 Å². The van der Waals surface area contributed by atoms with Gasteiger partial charge in [0.05, 0.1) is 0 Å². The Morgan fingerprint density at radius 1 is 1.00 bits per heavy atom. The van der Waals surface area contributed by atoms with Crippen LogP contribution in [-0.4, -0.2) is 11.1 Å². The van der Waals surface area contributed by atoms with Gasteiger partial charge in [-0.1, -0.05) is 60.2 Å². The first kappa shape index (κ1) is 13.6. The number of hydrogen-bond donors (Lipinski definition) is 1. The van der Waals surface area contributed by atoms with Crippen LogP contribution in [0.1, 0.15) is 16.7 Å². The van der Waals surface area contributed by atoms with E-state index in [-0.39, 0.29) is 5.57 Å². The molecule has 0 aliphatic rings. The molecular weight excluding hydrogens is 250 g/mol. The molecule has 0 atom stereocenters. The van der Waals surface area contributed by atoms with Crippen molar-refractivity contribution in [2.24, 2.45) is 0 Å². The Labute approximate surface area is 117 Å². The highest BCUT2D eigenvalue weighted by atomic mass is 16.4. The van der Waals surface area contributed by atoms with E-state index in [1.54, 1.807) is 18.2 Å². The van der Waals surface area contributed by atoms with Crippen molar-refractivity contribution in [1.29, 1.82) is 5.26 Å². The topological polar surface area (TPSA) is 61.1 Å². The normalized spacial score (nSPS) is 11.4. The molecule has 0 spiro atoms. The molecule has 3 heteroatoms. The SMILES string of the molecule is Cc1ccc(C(=C(C#N)C(=O)O)c2ccccc2)cc1. The van der Waals surface area contributed by atoms with E-state index in [1.807, 2.05) is 49.4 Å². The molecule has 0 heterocycles. The van der Waals surface area contributed by atoms with Crippen LogP contribution in [0.2, 0.25) is 0 Å². The maximum absolute atomic E-state index is 11.3. The predicted octanol–water partition coefficient (Wildman–Crippen LogP) is 3.41. The van der Waals surface area contributed by atoms with E-state index in [0.717, 1.165) is 16.7 Å². The Balaban J connectivity index is 2.72. The standard InChI is InChI=1S/C17H13NO2/c1-12-7-9-14(10-8-12)16(15(11-18)17(19)20)13-5-3-2-4-6-13/h2-10H,1H3,(H,19,20). The van der Waals surface area contributed by atoms with Gasteiger partial charge in [0.25, 0.3) is 0 Å². The van der Waals surface area contributed by atoms with Gasteiger partial charge in [0.1, 0.15) is 11.6 Å². The van der Waals surface area contributed by atoms with Gasteiger partial charge in [0.15, 0.2) is 0 Å². The third-order valence-electron chi connectivity index (χ3n) is 2.98. The van der Waals surface area contributed by atoms with Crippen molar-refractivity contribution in [3.8, 4) is 6.07 Å². The summed E-state index contributed by atoms with van der Waals surface area (Å²) in [4.78, 5) is 11.3. The Bertz CT molecular complexity index is 692. The summed E-state index contributed by atoms with van der Waals surface area (Å²) in [5.74, 6) is -1.22. The van der Waals surface area contributed by atoms with Crippen LogP contribution < -0.4 is 0 Å². The van der Waals surface area contributed by atoms with Crippen LogP contribution in [0.3, 0.4) is 0 Å². The highest BCUT2D eigenvalue weighted by Gasteiger charge is 2.17. The monoisotopic (exact) mass is 263 g/mol. The van der Waals surface area contributed by atoms with E-state index in [4.69, 9.17) is 5.26 Å². The number of carboxylic acid groups (broad SMARTS) is 1. The smallest absolute Gasteiger partial charge is 0.347 e. The summed E-state index contributed by atoms with van der Waals surface area (Å²) in [6.45, 7) is 1.96. The van der Waals surface area contributed by atoms with Gasteiger partial charge < -0.3 is 5.11 Å². The minimum atomic E-state index is -1.22. The lowest BCUT2D eigenvalue weighted by atomic mass is 9.93. The summed E-state index contributed by atoms with van der Waals surface area (Å²) in [6, 6.07) is 18.3. The van der Waals surface area contributed by atoms with Crippen molar-refractivity contribution in [3.63, 3.8) is 0 Å². The fourth-order valence-corrected chi connectivity index (χ4v) is 1.99. The molecule has 0 amide bonds. The predicted molar refractivity (Wildman–Crippen MR) is 76.9 cm³/mol. The second-order valence-electron chi connectivity index (χ2n) is 4.40. The zero-order chi connectivity index (χ0) is 14.5. The lowest BCUT2D eigenvalue weighted by molar-refractivity contribution is -0.132. The van der Waals surface area contributed by atoms with Gasteiger partial charge in [-0.15, -0.1) is 0 Å². The van der Waals surface area contributed by atoms with Gasteiger partial charge in [-0.2, -0.15) is 5.26 Å². The largest absolute Gasteiger partial charge is 0.477 e. The number of carbonyl (C=O) groups is 1. The number of nitriles is 1. The van der Waals surface area contributed by atoms with E-state index in [0.29, 0.717) is 5.57 Å². The summed E-state index contributed by atoms with van der Waals surface area (Å²) in [6.07, 6.45) is 0. The van der Waals surface area contributed by atoms with Crippen LogP contribution in [0.5, 0.6) is 0 Å². The quantitative estimate of drug-likeness (QED) is 0.682. The third-order valence-corrected chi connectivity index (χ3v) is 2.98. The Morgan fingerprint density at radius 2 is 1.55 bits per heavy atom. The van der Waals surface area contributed by atoms with Crippen LogP contribution in [0.4, 0.5) is 0 Å². The first-order valence-corrected chi connectivity index (χ1v) is 6.13. The Kier molecular flexibility index (Phi) is 3.97. The number of benzene rings is 2. The van der Waals surface area contributed by atoms with E-state index in [9.17, 15) is 9.90 Å². The summed E-state index contributed by atoms with van der Waals surface area (Å²) >= 11 is 0. The van der Waals surface area contributed by atoms with E-state index in [2.05, 4.69) is 0 Å². The maximum atomic E-state index is 11.3. The molecule has 3 nitrogen and oxygen atoms in total. The first-order chi connectivity index (χ1) is 9.63. The third kappa shape index (κ3) is 2.76. The second kappa shape index (κ2) is 5.85. The zero-order valence-corrected chi connectivity index (χ0v) is 11.0. The molecule has 0 unspecified atom stereocenters. The molecule has 20 heavy (non-hydrogen) atoms. The maximum Gasteiger partial charge on any atom is 0.347 e. The fraction of sp³-hybridized carbons (Fsp3) is 0.0588. The average molecular weight is 263 g/mol. The number of hydrogen-bond acceptors (Lipinski definition) is 2. The van der Waals surface area contributed by atoms with Gasteiger partial charge in [-0.25, -0.2) is 4.79 Å². The lowest BCUT2D eigenvalue weighted by Gasteiger charge is -2.10. The van der Waals surface area contributed by atoms with Crippen molar-refractivity contribution in [1.82, 2.24) is 0 Å². The molecular formula is C17H13NO2. The van der Waals surface area contributed by atoms with E-state index >= 15 is 0 Å². The minimum absolute atomic E-state index is 0.250. The van der Waals surface area contributed by atoms with Gasteiger partial charge in [-0.05, 0) is 18.1 Å². The average Bonchev–Trinajstić information content (AvgIpc) is 2.46. The summed E-state index contributed by atoms with van der Waals surface area (Å²) in [5, 5.41) is 18.4. The van der Waals surface area contributed by atoms with Gasteiger partial charge >= 0.3 is 5.97 Å². The highest BCUT2D eigenvalue weighted by Crippen LogP contribution is 2.27. The Hall–Kier alpha value is -2.86. The Morgan fingerprint density at radius 3 is 2.05 bits per heavy atom. The summed E-state index contributed by atoms with van der Waals surface area (Å²) in [7, 11) is 0. The van der Waals surface area contributed by atoms with Crippen molar-refractivity contribution in [2.45, 2.75) is 6.92 Å². The van der Waals surface area contributed by atoms with E-state index < -0.39 is 5.97 Å². The molecule has 2 aromatic rings. The molecule has 0 aromatic heterocycles. The summed E-state index contributed by atoms with van der Waals surface area (Å²) < 4.78 is 0.